The van der Waals surface area contributed by atoms with Crippen molar-refractivity contribution in [3.05, 3.63) is 60.2 Å². The van der Waals surface area contributed by atoms with Gasteiger partial charge in [0.05, 0.1) is 4.90 Å². The average molecular weight is 418 g/mol. The van der Waals surface area contributed by atoms with Gasteiger partial charge in [-0.1, -0.05) is 62.9 Å². The molecule has 6 nitrogen and oxygen atoms in total. The van der Waals surface area contributed by atoms with E-state index in [4.69, 9.17) is 4.42 Å². The maximum Gasteiger partial charge on any atom is 0.276 e. The molecule has 3 rings (SSSR count). The normalized spacial score (nSPS) is 12.2. The first-order valence-electron chi connectivity index (χ1n) is 8.88. The second-order valence-corrected chi connectivity index (χ2v) is 10.1. The van der Waals surface area contributed by atoms with Gasteiger partial charge >= 0.3 is 0 Å². The van der Waals surface area contributed by atoms with Crippen molar-refractivity contribution in [1.82, 2.24) is 14.9 Å². The van der Waals surface area contributed by atoms with Gasteiger partial charge in [0, 0.05) is 17.9 Å². The van der Waals surface area contributed by atoms with Gasteiger partial charge in [0.15, 0.2) is 0 Å². The van der Waals surface area contributed by atoms with Gasteiger partial charge < -0.3 is 4.42 Å². The minimum atomic E-state index is -3.50. The minimum Gasteiger partial charge on any atom is -0.411 e. The van der Waals surface area contributed by atoms with Crippen LogP contribution >= 0.6 is 11.8 Å². The summed E-state index contributed by atoms with van der Waals surface area (Å²) in [5.41, 5.74) is 2.18. The van der Waals surface area contributed by atoms with E-state index in [0.29, 0.717) is 16.9 Å². The largest absolute Gasteiger partial charge is 0.411 e. The second-order valence-electron chi connectivity index (χ2n) is 7.26. The molecular weight excluding hydrogens is 394 g/mol. The van der Waals surface area contributed by atoms with E-state index in [0.717, 1.165) is 5.56 Å². The van der Waals surface area contributed by atoms with Crippen LogP contribution in [0, 0.1) is 0 Å². The smallest absolute Gasteiger partial charge is 0.276 e. The standard InChI is InChI=1S/C20H23N3O3S2/c1-20(2,3)16-11-9-15(10-12-16)18-22-23-19(26-18)27-14-13-21-28(24,25)17-7-5-4-6-8-17/h4-12,21H,13-14H2,1-3H3. The Labute approximate surface area is 169 Å². The number of hydrogen-bond donors (Lipinski definition) is 1. The third kappa shape index (κ3) is 5.21. The minimum absolute atomic E-state index is 0.0848. The lowest BCUT2D eigenvalue weighted by Gasteiger charge is -2.18. The molecular formula is C20H23N3O3S2. The highest BCUT2D eigenvalue weighted by Gasteiger charge is 2.15. The van der Waals surface area contributed by atoms with Crippen molar-refractivity contribution < 1.29 is 12.8 Å². The molecule has 0 saturated carbocycles. The Morgan fingerprint density at radius 1 is 1.00 bits per heavy atom. The Morgan fingerprint density at radius 3 is 2.32 bits per heavy atom. The maximum atomic E-state index is 12.2. The Bertz CT molecular complexity index is 1010. The molecule has 3 aromatic rings. The number of nitrogens with one attached hydrogen (secondary N) is 1. The van der Waals surface area contributed by atoms with Gasteiger partial charge in [-0.3, -0.25) is 0 Å². The Balaban J connectivity index is 1.54. The lowest BCUT2D eigenvalue weighted by Crippen LogP contribution is -2.25. The van der Waals surface area contributed by atoms with Crippen LogP contribution in [0.25, 0.3) is 11.5 Å². The number of aromatic nitrogens is 2. The van der Waals surface area contributed by atoms with E-state index in [-0.39, 0.29) is 16.9 Å². The number of benzene rings is 2. The summed E-state index contributed by atoms with van der Waals surface area (Å²) < 4.78 is 32.6. The summed E-state index contributed by atoms with van der Waals surface area (Å²) in [6.07, 6.45) is 0. The molecule has 1 N–H and O–H groups in total. The van der Waals surface area contributed by atoms with Gasteiger partial charge in [-0.25, -0.2) is 13.1 Å². The van der Waals surface area contributed by atoms with Gasteiger partial charge in [0.1, 0.15) is 0 Å². The fourth-order valence-electron chi connectivity index (χ4n) is 2.49. The molecule has 148 valence electrons. The van der Waals surface area contributed by atoms with E-state index in [1.165, 1.54) is 17.3 Å². The first-order chi connectivity index (χ1) is 13.3. The molecule has 2 aromatic carbocycles. The summed E-state index contributed by atoms with van der Waals surface area (Å²) in [5.74, 6) is 0.934. The zero-order valence-electron chi connectivity index (χ0n) is 16.0. The molecule has 0 aliphatic heterocycles. The quantitative estimate of drug-likeness (QED) is 0.460. The van der Waals surface area contributed by atoms with E-state index in [9.17, 15) is 8.42 Å². The van der Waals surface area contributed by atoms with E-state index in [1.54, 1.807) is 30.3 Å². The van der Waals surface area contributed by atoms with E-state index >= 15 is 0 Å². The Morgan fingerprint density at radius 2 is 1.68 bits per heavy atom. The summed E-state index contributed by atoms with van der Waals surface area (Å²) in [5, 5.41) is 8.51. The number of thioether (sulfide) groups is 1. The molecule has 0 aliphatic carbocycles. The Hall–Kier alpha value is -2.16. The maximum absolute atomic E-state index is 12.2. The van der Waals surface area contributed by atoms with E-state index in [2.05, 4.69) is 47.8 Å². The monoisotopic (exact) mass is 417 g/mol. The highest BCUT2D eigenvalue weighted by molar-refractivity contribution is 7.99. The van der Waals surface area contributed by atoms with E-state index in [1.807, 2.05) is 12.1 Å². The van der Waals surface area contributed by atoms with Crippen molar-refractivity contribution in [2.75, 3.05) is 12.3 Å². The van der Waals surface area contributed by atoms with Gasteiger partial charge in [0.25, 0.3) is 5.22 Å². The molecule has 0 fully saturated rings. The highest BCUT2D eigenvalue weighted by Crippen LogP contribution is 2.27. The lowest BCUT2D eigenvalue weighted by atomic mass is 9.87. The molecule has 0 unspecified atom stereocenters. The Kier molecular flexibility index (Phi) is 6.22. The zero-order valence-corrected chi connectivity index (χ0v) is 17.7. The van der Waals surface area contributed by atoms with Gasteiger partial charge in [-0.05, 0) is 35.2 Å². The fraction of sp³-hybridized carbons (Fsp3) is 0.300. The molecule has 0 aliphatic rings. The number of sulfonamides is 1. The van der Waals surface area contributed by atoms with Crippen LogP contribution in [-0.4, -0.2) is 30.9 Å². The number of nitrogens with zero attached hydrogens (tertiary/aromatic N) is 2. The van der Waals surface area contributed by atoms with Crippen LogP contribution in [0.4, 0.5) is 0 Å². The summed E-state index contributed by atoms with van der Waals surface area (Å²) in [6.45, 7) is 6.75. The van der Waals surface area contributed by atoms with Crippen molar-refractivity contribution in [3.8, 4) is 11.5 Å². The van der Waals surface area contributed by atoms with Crippen LogP contribution in [-0.2, 0) is 15.4 Å². The van der Waals surface area contributed by atoms with Crippen molar-refractivity contribution in [2.24, 2.45) is 0 Å². The van der Waals surface area contributed by atoms with Gasteiger partial charge in [-0.15, -0.1) is 10.2 Å². The van der Waals surface area contributed by atoms with Crippen LogP contribution in [0.15, 0.2) is 69.1 Å². The summed E-state index contributed by atoms with van der Waals surface area (Å²) in [7, 11) is -3.50. The first-order valence-corrected chi connectivity index (χ1v) is 11.3. The lowest BCUT2D eigenvalue weighted by molar-refractivity contribution is 0.466. The van der Waals surface area contributed by atoms with Crippen molar-refractivity contribution in [3.63, 3.8) is 0 Å². The topological polar surface area (TPSA) is 85.1 Å². The average Bonchev–Trinajstić information content (AvgIpc) is 3.14. The molecule has 0 atom stereocenters. The SMILES string of the molecule is CC(C)(C)c1ccc(-c2nnc(SCCNS(=O)(=O)c3ccccc3)o2)cc1. The van der Waals surface area contributed by atoms with Gasteiger partial charge in [0.2, 0.25) is 15.9 Å². The third-order valence-electron chi connectivity index (χ3n) is 4.08. The molecule has 0 amide bonds. The molecule has 0 spiro atoms. The molecule has 1 heterocycles. The van der Waals surface area contributed by atoms with Gasteiger partial charge in [-0.2, -0.15) is 0 Å². The molecule has 28 heavy (non-hydrogen) atoms. The zero-order chi connectivity index (χ0) is 20.2. The van der Waals surface area contributed by atoms with E-state index < -0.39 is 10.0 Å². The van der Waals surface area contributed by atoms with Crippen molar-refractivity contribution in [2.45, 2.75) is 36.3 Å². The summed E-state index contributed by atoms with van der Waals surface area (Å²) in [4.78, 5) is 0.249. The van der Waals surface area contributed by atoms with Crippen LogP contribution in [0.5, 0.6) is 0 Å². The first kappa shape index (κ1) is 20.6. The van der Waals surface area contributed by atoms with Crippen LogP contribution in [0.3, 0.4) is 0 Å². The molecule has 1 aromatic heterocycles. The summed E-state index contributed by atoms with van der Waals surface area (Å²) >= 11 is 1.31. The third-order valence-corrected chi connectivity index (χ3v) is 6.37. The highest BCUT2D eigenvalue weighted by atomic mass is 32.2. The second kappa shape index (κ2) is 8.46. The number of hydrogen-bond acceptors (Lipinski definition) is 6. The molecule has 0 saturated heterocycles. The summed E-state index contributed by atoms with van der Waals surface area (Å²) in [6, 6.07) is 16.3. The number of rotatable bonds is 7. The molecule has 0 bridgehead atoms. The van der Waals surface area contributed by atoms with Crippen LogP contribution in [0.1, 0.15) is 26.3 Å². The van der Waals surface area contributed by atoms with Crippen LogP contribution < -0.4 is 4.72 Å². The molecule has 0 radical (unpaired) electrons. The predicted octanol–water partition coefficient (Wildman–Crippen LogP) is 4.10. The fourth-order valence-corrected chi connectivity index (χ4v) is 4.29. The predicted molar refractivity (Wildman–Crippen MR) is 111 cm³/mol. The molecule has 8 heteroatoms. The van der Waals surface area contributed by atoms with Crippen molar-refractivity contribution >= 4 is 21.8 Å². The van der Waals surface area contributed by atoms with Crippen LogP contribution in [0.2, 0.25) is 0 Å². The van der Waals surface area contributed by atoms with Crippen molar-refractivity contribution in [1.29, 1.82) is 0 Å².